The highest BCUT2D eigenvalue weighted by atomic mass is 79.9. The van der Waals surface area contributed by atoms with E-state index < -0.39 is 52.8 Å². The minimum absolute atomic E-state index is 0.123. The Kier molecular flexibility index (Phi) is 9.86. The van der Waals surface area contributed by atoms with E-state index in [1.807, 2.05) is 0 Å². The lowest BCUT2D eigenvalue weighted by Gasteiger charge is -2.30. The Labute approximate surface area is 261 Å². The lowest BCUT2D eigenvalue weighted by Crippen LogP contribution is -2.26. The van der Waals surface area contributed by atoms with Crippen LogP contribution in [0, 0.1) is 11.6 Å². The molecule has 0 spiro atoms. The minimum Gasteiger partial charge on any atom is -0.298 e. The molecule has 0 amide bonds. The molecular weight excluding hydrogens is 714 g/mol. The molecule has 0 radical (unpaired) electrons. The summed E-state index contributed by atoms with van der Waals surface area (Å²) in [4.78, 5) is 13.6. The van der Waals surface area contributed by atoms with Gasteiger partial charge in [-0.15, -0.1) is 0 Å². The first kappa shape index (κ1) is 32.2. The van der Waals surface area contributed by atoms with Crippen molar-refractivity contribution < 1.29 is 30.4 Å². The monoisotopic (exact) mass is 738 g/mol. The fourth-order valence-electron chi connectivity index (χ4n) is 4.67. The molecule has 5 nitrogen and oxygen atoms in total. The molecule has 0 bridgehead atoms. The van der Waals surface area contributed by atoms with Gasteiger partial charge in [0.1, 0.15) is 11.6 Å². The zero-order valence-electron chi connectivity index (χ0n) is 22.4. The van der Waals surface area contributed by atoms with Crippen LogP contribution in [0.25, 0.3) is 0 Å². The van der Waals surface area contributed by atoms with Crippen molar-refractivity contribution in [1.29, 1.82) is 0 Å². The van der Waals surface area contributed by atoms with Crippen molar-refractivity contribution in [3.8, 4) is 0 Å². The smallest absolute Gasteiger partial charge is 0.175 e. The first-order chi connectivity index (χ1) is 19.7. The number of sulfone groups is 2. The van der Waals surface area contributed by atoms with Gasteiger partial charge >= 0.3 is 0 Å². The molecule has 0 aliphatic carbocycles. The van der Waals surface area contributed by atoms with E-state index in [0.717, 1.165) is 12.5 Å². The summed E-state index contributed by atoms with van der Waals surface area (Å²) in [7, 11) is -6.89. The third-order valence-corrected chi connectivity index (χ3v) is 11.3. The molecule has 0 saturated heterocycles. The highest BCUT2D eigenvalue weighted by molar-refractivity contribution is 9.09. The Morgan fingerprint density at radius 1 is 0.524 bits per heavy atom. The Morgan fingerprint density at radius 3 is 1.05 bits per heavy atom. The van der Waals surface area contributed by atoms with Crippen LogP contribution in [0.1, 0.15) is 43.7 Å². The molecule has 4 rings (SSSR count). The van der Waals surface area contributed by atoms with Crippen molar-refractivity contribution in [2.45, 2.75) is 31.3 Å². The Hall–Kier alpha value is -2.73. The summed E-state index contributed by atoms with van der Waals surface area (Å²) >= 11 is 7.33. The van der Waals surface area contributed by atoms with Gasteiger partial charge < -0.3 is 0 Å². The first-order valence-corrected chi connectivity index (χ1v) is 18.2. The van der Waals surface area contributed by atoms with Gasteiger partial charge in [0.25, 0.3) is 0 Å². The van der Waals surface area contributed by atoms with E-state index in [1.165, 1.54) is 72.8 Å². The molecule has 4 unspecified atom stereocenters. The number of alkyl halides is 2. The van der Waals surface area contributed by atoms with E-state index in [9.17, 15) is 30.4 Å². The lowest BCUT2D eigenvalue weighted by atomic mass is 9.78. The summed E-state index contributed by atoms with van der Waals surface area (Å²) in [6.45, 7) is 0. The van der Waals surface area contributed by atoms with Crippen LogP contribution in [0.2, 0.25) is 0 Å². The fraction of sp³-hybridized carbons (Fsp3) is 0.194. The Morgan fingerprint density at radius 2 is 0.786 bits per heavy atom. The van der Waals surface area contributed by atoms with E-state index in [2.05, 4.69) is 31.9 Å². The first-order valence-electron chi connectivity index (χ1n) is 12.6. The van der Waals surface area contributed by atoms with E-state index >= 15 is 0 Å². The Bertz CT molecular complexity index is 1640. The fourth-order valence-corrected chi connectivity index (χ4v) is 7.67. The largest absolute Gasteiger partial charge is 0.298 e. The van der Waals surface area contributed by atoms with Gasteiger partial charge in [-0.2, -0.15) is 0 Å². The average molecular weight is 740 g/mol. The third-order valence-electron chi connectivity index (χ3n) is 6.91. The topological polar surface area (TPSA) is 85.3 Å². The van der Waals surface area contributed by atoms with Gasteiger partial charge in [-0.05, 0) is 70.8 Å². The summed E-state index contributed by atoms with van der Waals surface area (Å²) in [5.41, 5.74) is 2.25. The number of hydrogen-bond acceptors (Lipinski definition) is 5. The highest BCUT2D eigenvalue weighted by Gasteiger charge is 2.39. The zero-order chi connectivity index (χ0) is 30.8. The molecule has 0 aliphatic heterocycles. The molecule has 0 heterocycles. The molecule has 42 heavy (non-hydrogen) atoms. The van der Waals surface area contributed by atoms with Gasteiger partial charge in [0.15, 0.2) is 25.5 Å². The summed E-state index contributed by atoms with van der Waals surface area (Å²) < 4.78 is 75.8. The summed E-state index contributed by atoms with van der Waals surface area (Å²) in [6.07, 6.45) is 2.20. The summed E-state index contributed by atoms with van der Waals surface area (Å²) in [6, 6.07) is 23.4. The summed E-state index contributed by atoms with van der Waals surface area (Å²) in [5, 5.41) is 0. The van der Waals surface area contributed by atoms with Crippen molar-refractivity contribution in [2.75, 3.05) is 12.5 Å². The molecule has 0 saturated carbocycles. The highest BCUT2D eigenvalue weighted by Crippen LogP contribution is 2.47. The summed E-state index contributed by atoms with van der Waals surface area (Å²) in [5.74, 6) is -3.03. The predicted molar refractivity (Wildman–Crippen MR) is 166 cm³/mol. The molecule has 4 atom stereocenters. The van der Waals surface area contributed by atoms with Crippen LogP contribution in [0.5, 0.6) is 0 Å². The maximum absolute atomic E-state index is 14.7. The minimum atomic E-state index is -3.44. The molecule has 0 aromatic heterocycles. The van der Waals surface area contributed by atoms with Crippen molar-refractivity contribution in [1.82, 2.24) is 0 Å². The molecule has 0 fully saturated rings. The molecule has 11 heteroatoms. The Balaban J connectivity index is 1.84. The number of carbonyl (C=O) groups excluding carboxylic acids is 1. The van der Waals surface area contributed by atoms with E-state index in [0.29, 0.717) is 22.3 Å². The number of rotatable bonds is 10. The molecule has 220 valence electrons. The number of Topliss-reactive ketones (excluding diaryl/α,β-unsaturated/α-hetero) is 1. The second-order valence-corrected chi connectivity index (χ2v) is 16.0. The van der Waals surface area contributed by atoms with Crippen molar-refractivity contribution in [3.63, 3.8) is 0 Å². The number of ketones is 1. The number of carbonyl (C=O) groups is 1. The number of benzene rings is 4. The molecule has 0 aliphatic rings. The maximum atomic E-state index is 14.7. The normalized spacial score (nSPS) is 15.0. The van der Waals surface area contributed by atoms with Crippen LogP contribution in [0.4, 0.5) is 8.78 Å². The number of halogens is 4. The van der Waals surface area contributed by atoms with Gasteiger partial charge in [0, 0.05) is 12.5 Å². The third kappa shape index (κ3) is 7.42. The van der Waals surface area contributed by atoms with Crippen molar-refractivity contribution in [2.24, 2.45) is 0 Å². The van der Waals surface area contributed by atoms with Gasteiger partial charge in [-0.25, -0.2) is 25.6 Å². The lowest BCUT2D eigenvalue weighted by molar-refractivity contribution is -0.122. The van der Waals surface area contributed by atoms with Crippen LogP contribution >= 0.6 is 31.9 Å². The number of hydrogen-bond donors (Lipinski definition) is 0. The maximum Gasteiger partial charge on any atom is 0.175 e. The second-order valence-electron chi connectivity index (χ2n) is 9.95. The van der Waals surface area contributed by atoms with Crippen LogP contribution in [0.15, 0.2) is 107 Å². The second kappa shape index (κ2) is 12.9. The van der Waals surface area contributed by atoms with Crippen molar-refractivity contribution >= 4 is 57.3 Å². The molecule has 4 aromatic rings. The standard InChI is InChI=1S/C31H26Br2F2O5S2/c1-41(37,38)25-15-7-21(8-16-25)29(32)27(19-3-11-23(34)12-4-19)31(36)28(20-5-13-24(35)14-6-20)30(33)22-9-17-26(18-10-22)42(2,39)40/h3-18,27-30H,1-2H3. The van der Waals surface area contributed by atoms with Crippen LogP contribution < -0.4 is 0 Å². The molecule has 4 aromatic carbocycles. The van der Waals surface area contributed by atoms with Gasteiger partial charge in [-0.1, -0.05) is 80.4 Å². The zero-order valence-corrected chi connectivity index (χ0v) is 27.2. The van der Waals surface area contributed by atoms with Crippen LogP contribution in [-0.2, 0) is 24.5 Å². The predicted octanol–water partition coefficient (Wildman–Crippen LogP) is 7.48. The molecular formula is C31H26Br2F2O5S2. The van der Waals surface area contributed by atoms with E-state index in [-0.39, 0.29) is 15.6 Å². The van der Waals surface area contributed by atoms with E-state index in [4.69, 9.17) is 0 Å². The van der Waals surface area contributed by atoms with E-state index in [1.54, 1.807) is 24.3 Å². The van der Waals surface area contributed by atoms with Crippen LogP contribution in [-0.4, -0.2) is 35.1 Å². The van der Waals surface area contributed by atoms with Gasteiger partial charge in [0.05, 0.1) is 31.3 Å². The quantitative estimate of drug-likeness (QED) is 0.158. The van der Waals surface area contributed by atoms with Crippen LogP contribution in [0.3, 0.4) is 0 Å². The van der Waals surface area contributed by atoms with Gasteiger partial charge in [0.2, 0.25) is 0 Å². The van der Waals surface area contributed by atoms with Gasteiger partial charge in [-0.3, -0.25) is 4.79 Å². The van der Waals surface area contributed by atoms with Crippen molar-refractivity contribution in [3.05, 3.63) is 131 Å². The molecule has 0 N–H and O–H groups in total. The average Bonchev–Trinajstić information content (AvgIpc) is 2.94. The SMILES string of the molecule is CS(=O)(=O)c1ccc(C(Br)C(C(=O)C(c2ccc(F)cc2)C(Br)c2ccc(S(C)(=O)=O)cc2)c2ccc(F)cc2)cc1.